The summed E-state index contributed by atoms with van der Waals surface area (Å²) in [5.41, 5.74) is 2.27. The van der Waals surface area contributed by atoms with Crippen LogP contribution in [0.1, 0.15) is 49.1 Å². The molecule has 5 fully saturated rings. The molecule has 5 heteroatoms. The summed E-state index contributed by atoms with van der Waals surface area (Å²) in [6.45, 7) is 2.51. The molecule has 2 aliphatic heterocycles. The number of amides is 2. The third-order valence-corrected chi connectivity index (χ3v) is 10.0. The van der Waals surface area contributed by atoms with Crippen molar-refractivity contribution in [2.24, 2.45) is 35.5 Å². The fourth-order valence-corrected chi connectivity index (χ4v) is 8.36. The molecule has 0 spiro atoms. The van der Waals surface area contributed by atoms with Crippen LogP contribution >= 0.6 is 11.6 Å². The van der Waals surface area contributed by atoms with E-state index in [0.29, 0.717) is 29.7 Å². The van der Waals surface area contributed by atoms with Gasteiger partial charge in [0.15, 0.2) is 0 Å². The molecule has 0 aromatic heterocycles. The minimum Gasteiger partial charge on any atom is -0.342 e. The van der Waals surface area contributed by atoms with Crippen molar-refractivity contribution in [3.63, 3.8) is 0 Å². The number of hydrogen-bond acceptors (Lipinski definition) is 2. The molecule has 30 heavy (non-hydrogen) atoms. The Kier molecular flexibility index (Phi) is 3.76. The summed E-state index contributed by atoms with van der Waals surface area (Å²) < 4.78 is 0. The molecular formula is C25H29ClN2O2. The number of likely N-dealkylation sites (tertiary alicyclic amines) is 2. The minimum atomic E-state index is -0.0186. The second-order valence-corrected chi connectivity index (χ2v) is 11.3. The highest BCUT2D eigenvalue weighted by Crippen LogP contribution is 2.67. The van der Waals surface area contributed by atoms with Gasteiger partial charge < -0.3 is 9.80 Å². The summed E-state index contributed by atoms with van der Waals surface area (Å²) in [5.74, 6) is 4.88. The Morgan fingerprint density at radius 2 is 1.83 bits per heavy atom. The van der Waals surface area contributed by atoms with Gasteiger partial charge in [0.05, 0.1) is 5.92 Å². The number of halogens is 1. The van der Waals surface area contributed by atoms with E-state index in [-0.39, 0.29) is 11.8 Å². The van der Waals surface area contributed by atoms with Gasteiger partial charge in [-0.1, -0.05) is 23.7 Å². The van der Waals surface area contributed by atoms with Crippen LogP contribution in [0.4, 0.5) is 0 Å². The maximum absolute atomic E-state index is 13.4. The first-order valence-electron chi connectivity index (χ1n) is 12.0. The van der Waals surface area contributed by atoms with Crippen LogP contribution in [-0.4, -0.2) is 47.3 Å². The zero-order valence-corrected chi connectivity index (χ0v) is 18.1. The molecule has 2 saturated heterocycles. The van der Waals surface area contributed by atoms with Gasteiger partial charge in [-0.25, -0.2) is 0 Å². The van der Waals surface area contributed by atoms with Crippen LogP contribution in [0.15, 0.2) is 18.2 Å². The third kappa shape index (κ3) is 2.40. The highest BCUT2D eigenvalue weighted by atomic mass is 35.5. The Balaban J connectivity index is 1.02. The van der Waals surface area contributed by atoms with Crippen molar-refractivity contribution in [1.82, 2.24) is 9.80 Å². The molecule has 0 radical (unpaired) electrons. The van der Waals surface area contributed by atoms with Gasteiger partial charge in [-0.05, 0) is 85.3 Å². The quantitative estimate of drug-likeness (QED) is 0.725. The molecule has 0 N–H and O–H groups in total. The molecule has 2 amide bonds. The Bertz CT molecular complexity index is 947. The lowest BCUT2D eigenvalue weighted by Gasteiger charge is -2.42. The molecule has 6 aliphatic rings. The standard InChI is InChI=1S/C25H29ClN2O2/c26-22-3-1-2-15-19(22)11-21(15)24(29)27-6-5-23-13(12-27)4-7-28(23)25(30)20-9-14-8-17(20)18-10-16(14)18/h1-3,13-14,16-18,20-21,23H,4-12H2/t13-,14?,16?,17?,18?,20?,21?,23+/m0/s1. The first-order chi connectivity index (χ1) is 14.6. The summed E-state index contributed by atoms with van der Waals surface area (Å²) in [4.78, 5) is 31.0. The van der Waals surface area contributed by atoms with Crippen molar-refractivity contribution in [2.75, 3.05) is 19.6 Å². The summed E-state index contributed by atoms with van der Waals surface area (Å²) in [6.07, 6.45) is 6.66. The van der Waals surface area contributed by atoms with Crippen molar-refractivity contribution in [1.29, 1.82) is 0 Å². The topological polar surface area (TPSA) is 40.6 Å². The Morgan fingerprint density at radius 3 is 2.67 bits per heavy atom. The van der Waals surface area contributed by atoms with Crippen molar-refractivity contribution >= 4 is 23.4 Å². The van der Waals surface area contributed by atoms with Gasteiger partial charge in [0.1, 0.15) is 0 Å². The Morgan fingerprint density at radius 1 is 0.933 bits per heavy atom. The molecule has 6 unspecified atom stereocenters. The van der Waals surface area contributed by atoms with Gasteiger partial charge >= 0.3 is 0 Å². The second kappa shape index (κ2) is 6.25. The molecule has 2 bridgehead atoms. The summed E-state index contributed by atoms with van der Waals surface area (Å²) in [5, 5.41) is 0.790. The van der Waals surface area contributed by atoms with Crippen LogP contribution in [-0.2, 0) is 16.0 Å². The molecule has 8 atom stereocenters. The number of piperidine rings is 1. The summed E-state index contributed by atoms with van der Waals surface area (Å²) in [6, 6.07) is 6.28. The predicted octanol–water partition coefficient (Wildman–Crippen LogP) is 3.72. The van der Waals surface area contributed by atoms with Crippen molar-refractivity contribution in [2.45, 2.75) is 50.5 Å². The SMILES string of the molecule is O=C(C1Cc2c(Cl)cccc21)N1CC[C@@H]2[C@@H](CCN2C(=O)C2CC3CC2C2CC32)C1. The van der Waals surface area contributed by atoms with Gasteiger partial charge in [-0.15, -0.1) is 0 Å². The fraction of sp³-hybridized carbons (Fsp3) is 0.680. The number of nitrogens with zero attached hydrogens (tertiary/aromatic N) is 2. The van der Waals surface area contributed by atoms with Crippen LogP contribution in [0.5, 0.6) is 0 Å². The fourth-order valence-electron chi connectivity index (χ4n) is 8.10. The number of fused-ring (bicyclic) bond motifs is 7. The normalized spacial score (nSPS) is 42.4. The maximum atomic E-state index is 13.4. The molecule has 7 rings (SSSR count). The van der Waals surface area contributed by atoms with E-state index < -0.39 is 0 Å². The number of rotatable bonds is 2. The molecule has 1 aromatic carbocycles. The Hall–Kier alpha value is -1.55. The molecular weight excluding hydrogens is 396 g/mol. The second-order valence-electron chi connectivity index (χ2n) is 10.9. The highest BCUT2D eigenvalue weighted by molar-refractivity contribution is 6.31. The first kappa shape index (κ1) is 18.1. The van der Waals surface area contributed by atoms with Crippen molar-refractivity contribution in [3.05, 3.63) is 34.3 Å². The lowest BCUT2D eigenvalue weighted by molar-refractivity contribution is -0.140. The number of carbonyl (C=O) groups excluding carboxylic acids is 2. The van der Waals surface area contributed by atoms with Crippen molar-refractivity contribution in [3.8, 4) is 0 Å². The van der Waals surface area contributed by atoms with E-state index in [9.17, 15) is 9.59 Å². The highest BCUT2D eigenvalue weighted by Gasteiger charge is 2.63. The van der Waals surface area contributed by atoms with Crippen LogP contribution in [0.3, 0.4) is 0 Å². The van der Waals surface area contributed by atoms with Gasteiger partial charge in [-0.2, -0.15) is 0 Å². The number of benzene rings is 1. The van der Waals surface area contributed by atoms with Gasteiger partial charge in [-0.3, -0.25) is 9.59 Å². The number of hydrogen-bond donors (Lipinski definition) is 0. The monoisotopic (exact) mass is 424 g/mol. The average Bonchev–Trinajstić information content (AvgIpc) is 3.11. The minimum absolute atomic E-state index is 0.0186. The maximum Gasteiger partial charge on any atom is 0.230 e. The van der Waals surface area contributed by atoms with E-state index in [1.165, 1.54) is 12.8 Å². The Labute approximate surface area is 182 Å². The van der Waals surface area contributed by atoms with E-state index in [1.54, 1.807) is 0 Å². The van der Waals surface area contributed by atoms with E-state index >= 15 is 0 Å². The van der Waals surface area contributed by atoms with Gasteiger partial charge in [0.25, 0.3) is 0 Å². The van der Waals surface area contributed by atoms with E-state index in [2.05, 4.69) is 15.9 Å². The van der Waals surface area contributed by atoms with E-state index in [4.69, 9.17) is 11.6 Å². The van der Waals surface area contributed by atoms with Crippen LogP contribution in [0.2, 0.25) is 5.02 Å². The lowest BCUT2D eigenvalue weighted by atomic mass is 9.76. The smallest absolute Gasteiger partial charge is 0.230 e. The van der Waals surface area contributed by atoms with E-state index in [0.717, 1.165) is 79.2 Å². The molecule has 1 aromatic rings. The van der Waals surface area contributed by atoms with Crippen LogP contribution in [0.25, 0.3) is 0 Å². The molecule has 4 nitrogen and oxygen atoms in total. The lowest BCUT2D eigenvalue weighted by Crippen LogP contribution is -2.52. The van der Waals surface area contributed by atoms with Crippen LogP contribution < -0.4 is 0 Å². The largest absolute Gasteiger partial charge is 0.342 e. The average molecular weight is 425 g/mol. The molecule has 158 valence electrons. The molecule has 4 aliphatic carbocycles. The predicted molar refractivity (Wildman–Crippen MR) is 114 cm³/mol. The van der Waals surface area contributed by atoms with Crippen molar-refractivity contribution < 1.29 is 9.59 Å². The van der Waals surface area contributed by atoms with E-state index in [1.807, 2.05) is 12.1 Å². The first-order valence-corrected chi connectivity index (χ1v) is 12.3. The number of carbonyl (C=O) groups is 2. The zero-order chi connectivity index (χ0) is 20.1. The molecule has 2 heterocycles. The third-order valence-electron chi connectivity index (χ3n) is 9.68. The summed E-state index contributed by atoms with van der Waals surface area (Å²) in [7, 11) is 0. The molecule has 3 saturated carbocycles. The summed E-state index contributed by atoms with van der Waals surface area (Å²) >= 11 is 6.27. The van der Waals surface area contributed by atoms with Gasteiger partial charge in [0, 0.05) is 36.6 Å². The van der Waals surface area contributed by atoms with Crippen LogP contribution in [0, 0.1) is 35.5 Å². The van der Waals surface area contributed by atoms with Gasteiger partial charge in [0.2, 0.25) is 11.8 Å². The zero-order valence-electron chi connectivity index (χ0n) is 17.3.